The lowest BCUT2D eigenvalue weighted by atomic mass is 10.1. The van der Waals surface area contributed by atoms with Gasteiger partial charge < -0.3 is 4.90 Å². The van der Waals surface area contributed by atoms with Crippen LogP contribution in [0.5, 0.6) is 0 Å². The molecule has 0 saturated carbocycles. The van der Waals surface area contributed by atoms with Gasteiger partial charge in [-0.1, -0.05) is 58.4 Å². The van der Waals surface area contributed by atoms with Gasteiger partial charge >= 0.3 is 0 Å². The summed E-state index contributed by atoms with van der Waals surface area (Å²) in [7, 11) is 1.79. The number of H-pyrrole nitrogens is 1. The predicted molar refractivity (Wildman–Crippen MR) is 94.0 cm³/mol. The molecule has 0 bridgehead atoms. The third kappa shape index (κ3) is 3.68. The Labute approximate surface area is 143 Å². The number of aromatic nitrogens is 2. The van der Waals surface area contributed by atoms with E-state index in [0.29, 0.717) is 12.2 Å². The second-order valence-electron chi connectivity index (χ2n) is 5.32. The molecule has 4 nitrogen and oxygen atoms in total. The second-order valence-corrected chi connectivity index (χ2v) is 6.24. The largest absolute Gasteiger partial charge is 0.336 e. The van der Waals surface area contributed by atoms with Crippen LogP contribution in [-0.4, -0.2) is 28.1 Å². The van der Waals surface area contributed by atoms with E-state index in [1.807, 2.05) is 54.6 Å². The Bertz CT molecular complexity index is 797. The highest BCUT2D eigenvalue weighted by Gasteiger charge is 2.15. The zero-order valence-corrected chi connectivity index (χ0v) is 14.2. The Balaban J connectivity index is 1.72. The van der Waals surface area contributed by atoms with Crippen molar-refractivity contribution in [1.29, 1.82) is 0 Å². The normalized spacial score (nSPS) is 10.5. The Morgan fingerprint density at radius 3 is 2.52 bits per heavy atom. The first kappa shape index (κ1) is 15.5. The van der Waals surface area contributed by atoms with Crippen molar-refractivity contribution < 1.29 is 4.79 Å². The van der Waals surface area contributed by atoms with Gasteiger partial charge in [-0.3, -0.25) is 9.89 Å². The van der Waals surface area contributed by atoms with Crippen molar-refractivity contribution in [3.8, 4) is 11.3 Å². The lowest BCUT2D eigenvalue weighted by Gasteiger charge is -2.16. The molecule has 1 heterocycles. The Kier molecular flexibility index (Phi) is 4.57. The number of amides is 1. The minimum absolute atomic E-state index is 0.0809. The van der Waals surface area contributed by atoms with Gasteiger partial charge in [0.05, 0.1) is 5.69 Å². The van der Waals surface area contributed by atoms with Crippen LogP contribution in [-0.2, 0) is 6.54 Å². The zero-order valence-electron chi connectivity index (χ0n) is 12.7. The molecule has 3 aromatic rings. The van der Waals surface area contributed by atoms with Crippen LogP contribution >= 0.6 is 15.9 Å². The maximum atomic E-state index is 12.5. The van der Waals surface area contributed by atoms with E-state index < -0.39 is 0 Å². The maximum absolute atomic E-state index is 12.5. The summed E-state index contributed by atoms with van der Waals surface area (Å²) in [6.07, 6.45) is 0. The van der Waals surface area contributed by atoms with E-state index in [2.05, 4.69) is 26.1 Å². The Morgan fingerprint density at radius 1 is 1.13 bits per heavy atom. The number of benzene rings is 2. The van der Waals surface area contributed by atoms with Gasteiger partial charge in [0.15, 0.2) is 0 Å². The average Bonchev–Trinajstić information content (AvgIpc) is 3.07. The second kappa shape index (κ2) is 6.79. The van der Waals surface area contributed by atoms with E-state index >= 15 is 0 Å². The first-order valence-electron chi connectivity index (χ1n) is 7.24. The van der Waals surface area contributed by atoms with Crippen LogP contribution in [0.1, 0.15) is 16.1 Å². The van der Waals surface area contributed by atoms with Gasteiger partial charge in [-0.05, 0) is 23.8 Å². The number of halogens is 1. The SMILES string of the molecule is CN(Cc1ccc(Br)cc1)C(=O)c1cc(-c2ccccc2)n[nH]1. The van der Waals surface area contributed by atoms with Crippen molar-refractivity contribution in [2.75, 3.05) is 7.05 Å². The molecular formula is C18H16BrN3O. The van der Waals surface area contributed by atoms with E-state index in [4.69, 9.17) is 0 Å². The Hall–Kier alpha value is -2.40. The first-order valence-corrected chi connectivity index (χ1v) is 8.03. The van der Waals surface area contributed by atoms with Crippen molar-refractivity contribution in [2.24, 2.45) is 0 Å². The third-order valence-corrected chi connectivity index (χ3v) is 4.09. The minimum Gasteiger partial charge on any atom is -0.336 e. The fraction of sp³-hybridized carbons (Fsp3) is 0.111. The molecule has 23 heavy (non-hydrogen) atoms. The van der Waals surface area contributed by atoms with Crippen LogP contribution in [0, 0.1) is 0 Å². The first-order chi connectivity index (χ1) is 11.1. The lowest BCUT2D eigenvalue weighted by molar-refractivity contribution is 0.0779. The summed E-state index contributed by atoms with van der Waals surface area (Å²) < 4.78 is 1.02. The topological polar surface area (TPSA) is 49.0 Å². The highest BCUT2D eigenvalue weighted by molar-refractivity contribution is 9.10. The molecule has 0 aliphatic carbocycles. The van der Waals surface area contributed by atoms with E-state index in [-0.39, 0.29) is 5.91 Å². The van der Waals surface area contributed by atoms with Crippen LogP contribution in [0.25, 0.3) is 11.3 Å². The molecule has 0 saturated heterocycles. The summed E-state index contributed by atoms with van der Waals surface area (Å²) in [4.78, 5) is 14.2. The van der Waals surface area contributed by atoms with Crippen LogP contribution in [0.2, 0.25) is 0 Å². The summed E-state index contributed by atoms with van der Waals surface area (Å²) in [6, 6.07) is 19.5. The smallest absolute Gasteiger partial charge is 0.271 e. The third-order valence-electron chi connectivity index (χ3n) is 3.56. The quantitative estimate of drug-likeness (QED) is 0.751. The molecule has 1 amide bonds. The number of carbonyl (C=O) groups is 1. The van der Waals surface area contributed by atoms with Gasteiger partial charge in [-0.25, -0.2) is 0 Å². The van der Waals surface area contributed by atoms with Crippen molar-refractivity contribution in [2.45, 2.75) is 6.54 Å². The highest BCUT2D eigenvalue weighted by Crippen LogP contribution is 2.18. The van der Waals surface area contributed by atoms with Gasteiger partial charge in [-0.15, -0.1) is 0 Å². The minimum atomic E-state index is -0.0809. The van der Waals surface area contributed by atoms with Gasteiger partial charge in [0, 0.05) is 23.6 Å². The van der Waals surface area contributed by atoms with Crippen LogP contribution in [0.4, 0.5) is 0 Å². The molecule has 1 aromatic heterocycles. The molecule has 0 atom stereocenters. The summed E-state index contributed by atoms with van der Waals surface area (Å²) >= 11 is 3.41. The van der Waals surface area contributed by atoms with Gasteiger partial charge in [0.2, 0.25) is 0 Å². The van der Waals surface area contributed by atoms with Crippen molar-refractivity contribution in [3.63, 3.8) is 0 Å². The molecule has 0 aliphatic rings. The van der Waals surface area contributed by atoms with Crippen LogP contribution < -0.4 is 0 Å². The maximum Gasteiger partial charge on any atom is 0.271 e. The fourth-order valence-electron chi connectivity index (χ4n) is 2.33. The zero-order chi connectivity index (χ0) is 16.2. The van der Waals surface area contributed by atoms with E-state index in [1.54, 1.807) is 18.0 Å². The van der Waals surface area contributed by atoms with E-state index in [0.717, 1.165) is 21.3 Å². The summed E-state index contributed by atoms with van der Waals surface area (Å²) in [5.74, 6) is -0.0809. The van der Waals surface area contributed by atoms with Gasteiger partial charge in [0.25, 0.3) is 5.91 Å². The molecule has 1 N–H and O–H groups in total. The monoisotopic (exact) mass is 369 g/mol. The van der Waals surface area contributed by atoms with E-state index in [9.17, 15) is 4.79 Å². The molecule has 0 unspecified atom stereocenters. The van der Waals surface area contributed by atoms with Crippen LogP contribution in [0.3, 0.4) is 0 Å². The van der Waals surface area contributed by atoms with Crippen molar-refractivity contribution in [3.05, 3.63) is 76.4 Å². The highest BCUT2D eigenvalue weighted by atomic mass is 79.9. The molecule has 0 aliphatic heterocycles. The van der Waals surface area contributed by atoms with Crippen molar-refractivity contribution >= 4 is 21.8 Å². The number of hydrogen-bond acceptors (Lipinski definition) is 2. The molecule has 2 aromatic carbocycles. The molecule has 5 heteroatoms. The Morgan fingerprint density at radius 2 is 1.83 bits per heavy atom. The number of hydrogen-bond donors (Lipinski definition) is 1. The van der Waals surface area contributed by atoms with E-state index in [1.165, 1.54) is 0 Å². The summed E-state index contributed by atoms with van der Waals surface area (Å²) in [6.45, 7) is 0.547. The summed E-state index contributed by atoms with van der Waals surface area (Å²) in [5, 5.41) is 7.06. The molecule has 0 spiro atoms. The predicted octanol–water partition coefficient (Wildman–Crippen LogP) is 4.11. The molecular weight excluding hydrogens is 354 g/mol. The molecule has 0 fully saturated rings. The average molecular weight is 370 g/mol. The summed E-state index contributed by atoms with van der Waals surface area (Å²) in [5.41, 5.74) is 3.32. The van der Waals surface area contributed by atoms with Gasteiger partial charge in [-0.2, -0.15) is 5.10 Å². The number of carbonyl (C=O) groups excluding carboxylic acids is 1. The number of aromatic amines is 1. The molecule has 0 radical (unpaired) electrons. The molecule has 3 rings (SSSR count). The van der Waals surface area contributed by atoms with Gasteiger partial charge in [0.1, 0.15) is 5.69 Å². The number of nitrogens with zero attached hydrogens (tertiary/aromatic N) is 2. The lowest BCUT2D eigenvalue weighted by Crippen LogP contribution is -2.26. The standard InChI is InChI=1S/C18H16BrN3O/c1-22(12-13-7-9-15(19)10-8-13)18(23)17-11-16(20-21-17)14-5-3-2-4-6-14/h2-11H,12H2,1H3,(H,20,21). The number of rotatable bonds is 4. The fourth-order valence-corrected chi connectivity index (χ4v) is 2.59. The van der Waals surface area contributed by atoms with Crippen LogP contribution in [0.15, 0.2) is 65.1 Å². The number of nitrogens with one attached hydrogen (secondary N) is 1. The van der Waals surface area contributed by atoms with Crippen molar-refractivity contribution in [1.82, 2.24) is 15.1 Å². The molecule has 116 valence electrons.